The number of phosphoric acid groups is 1. The van der Waals surface area contributed by atoms with Crippen molar-refractivity contribution in [3.05, 3.63) is 12.7 Å². The monoisotopic (exact) mass is 430 g/mol. The van der Waals surface area contributed by atoms with Gasteiger partial charge >= 0.3 is 7.82 Å². The van der Waals surface area contributed by atoms with Crippen molar-refractivity contribution in [3.8, 4) is 0 Å². The highest BCUT2D eigenvalue weighted by Crippen LogP contribution is 2.45. The molecule has 3 rings (SSSR count). The van der Waals surface area contributed by atoms with E-state index in [9.17, 15) is 19.5 Å². The first-order chi connectivity index (χ1) is 13.8. The van der Waals surface area contributed by atoms with Gasteiger partial charge in [-0.05, 0) is 13.0 Å². The van der Waals surface area contributed by atoms with Crippen LogP contribution in [-0.4, -0.2) is 59.8 Å². The number of anilines is 1. The highest BCUT2D eigenvalue weighted by Gasteiger charge is 2.51. The van der Waals surface area contributed by atoms with E-state index in [1.165, 1.54) is 12.7 Å². The molecule has 0 radical (unpaired) electrons. The predicted molar refractivity (Wildman–Crippen MR) is 103 cm³/mol. The van der Waals surface area contributed by atoms with Crippen molar-refractivity contribution >= 4 is 24.8 Å². The average Bonchev–Trinajstić information content (AvgIpc) is 3.23. The Labute approximate surface area is 167 Å². The number of aromatic nitrogens is 4. The molecule has 0 spiro atoms. The van der Waals surface area contributed by atoms with E-state index < -0.39 is 32.5 Å². The summed E-state index contributed by atoms with van der Waals surface area (Å²) in [6.07, 6.45) is 4.87. The molecule has 1 aliphatic heterocycles. The highest BCUT2D eigenvalue weighted by atomic mass is 31.2. The Bertz CT molecular complexity index is 875. The first kappa shape index (κ1) is 22.0. The Hall–Kier alpha value is -1.66. The molecule has 0 aromatic carbocycles. The predicted octanol–water partition coefficient (Wildman–Crippen LogP) is 0.448. The molecule has 13 heteroatoms. The fraction of sp³-hybridized carbons (Fsp3) is 0.688. The second-order valence-corrected chi connectivity index (χ2v) is 8.19. The van der Waals surface area contributed by atoms with Crippen LogP contribution in [0.15, 0.2) is 12.7 Å². The van der Waals surface area contributed by atoms with E-state index in [4.69, 9.17) is 15.0 Å². The summed E-state index contributed by atoms with van der Waals surface area (Å²) in [4.78, 5) is 30.9. The summed E-state index contributed by atoms with van der Waals surface area (Å²) in [7, 11) is -4.78. The van der Waals surface area contributed by atoms with Crippen molar-refractivity contribution in [1.82, 2.24) is 24.8 Å². The third-order valence-corrected chi connectivity index (χ3v) is 5.42. The molecule has 0 bridgehead atoms. The summed E-state index contributed by atoms with van der Waals surface area (Å²) >= 11 is 0. The van der Waals surface area contributed by atoms with Crippen molar-refractivity contribution in [2.45, 2.75) is 57.1 Å². The van der Waals surface area contributed by atoms with Crippen LogP contribution in [-0.2, 0) is 19.7 Å². The zero-order chi connectivity index (χ0) is 21.1. The van der Waals surface area contributed by atoms with E-state index in [1.807, 2.05) is 0 Å². The molecule has 6 N–H and O–H groups in total. The number of aliphatic hydroxyl groups is 1. The van der Waals surface area contributed by atoms with Gasteiger partial charge in [0.2, 0.25) is 5.85 Å². The van der Waals surface area contributed by atoms with Gasteiger partial charge in [-0.2, -0.15) is 0 Å². The molecule has 162 valence electrons. The summed E-state index contributed by atoms with van der Waals surface area (Å²) in [5, 5.41) is 13.0. The molecule has 3 heterocycles. The lowest BCUT2D eigenvalue weighted by Crippen LogP contribution is -2.48. The Morgan fingerprint density at radius 1 is 1.38 bits per heavy atom. The Morgan fingerprint density at radius 2 is 2.17 bits per heavy atom. The van der Waals surface area contributed by atoms with Crippen molar-refractivity contribution in [1.29, 1.82) is 0 Å². The van der Waals surface area contributed by atoms with E-state index in [2.05, 4.69) is 27.2 Å². The molecule has 3 atom stereocenters. The van der Waals surface area contributed by atoms with Crippen LogP contribution < -0.4 is 11.1 Å². The maximum absolute atomic E-state index is 11.4. The number of imidazole rings is 1. The third-order valence-electron chi connectivity index (χ3n) is 4.87. The third kappa shape index (κ3) is 4.92. The molecule has 12 nitrogen and oxygen atoms in total. The number of unbranched alkanes of at least 4 members (excludes halogenated alkanes) is 3. The average molecular weight is 430 g/mol. The van der Waals surface area contributed by atoms with Gasteiger partial charge in [0, 0.05) is 6.42 Å². The summed E-state index contributed by atoms with van der Waals surface area (Å²) in [5.41, 5.74) is 6.65. The molecular formula is C16H27N6O6P. The van der Waals surface area contributed by atoms with Crippen molar-refractivity contribution in [3.63, 3.8) is 0 Å². The molecule has 0 saturated carbocycles. The molecule has 1 aliphatic rings. The van der Waals surface area contributed by atoms with E-state index >= 15 is 0 Å². The summed E-state index contributed by atoms with van der Waals surface area (Å²) in [6, 6.07) is 0. The molecule has 0 unspecified atom stereocenters. The number of ether oxygens (including phenoxy) is 1. The molecule has 0 aliphatic carbocycles. The highest BCUT2D eigenvalue weighted by molar-refractivity contribution is 7.46. The number of hydrogen-bond acceptors (Lipinski definition) is 9. The SMILES string of the molecule is CCCCCCN[C@]1(n2cnc3c(N)ncnc32)C[C@H](OP(=O)(O)O)[C@@H](CO)O1. The number of aliphatic hydroxyl groups excluding tert-OH is 1. The fourth-order valence-electron chi connectivity index (χ4n) is 3.52. The molecule has 1 fully saturated rings. The first-order valence-corrected chi connectivity index (χ1v) is 11.0. The van der Waals surface area contributed by atoms with Gasteiger partial charge in [-0.25, -0.2) is 19.5 Å². The van der Waals surface area contributed by atoms with E-state index in [-0.39, 0.29) is 12.2 Å². The molecule has 29 heavy (non-hydrogen) atoms. The zero-order valence-corrected chi connectivity index (χ0v) is 17.0. The minimum absolute atomic E-state index is 0.0203. The Morgan fingerprint density at radius 3 is 2.86 bits per heavy atom. The Balaban J connectivity index is 1.94. The molecule has 2 aromatic rings. The lowest BCUT2D eigenvalue weighted by Gasteiger charge is -2.32. The van der Waals surface area contributed by atoms with E-state index in [1.54, 1.807) is 4.57 Å². The van der Waals surface area contributed by atoms with Crippen LogP contribution in [0.4, 0.5) is 5.82 Å². The molecule has 2 aromatic heterocycles. The fourth-order valence-corrected chi connectivity index (χ4v) is 4.08. The summed E-state index contributed by atoms with van der Waals surface area (Å²) < 4.78 is 23.9. The number of hydrogen-bond donors (Lipinski definition) is 5. The zero-order valence-electron chi connectivity index (χ0n) is 16.1. The topological polar surface area (TPSA) is 178 Å². The molecular weight excluding hydrogens is 403 g/mol. The van der Waals surface area contributed by atoms with Crippen LogP contribution in [0.5, 0.6) is 0 Å². The number of fused-ring (bicyclic) bond motifs is 1. The molecule has 0 amide bonds. The van der Waals surface area contributed by atoms with Crippen LogP contribution in [0.3, 0.4) is 0 Å². The number of nitrogens with one attached hydrogen (secondary N) is 1. The first-order valence-electron chi connectivity index (χ1n) is 9.51. The van der Waals surface area contributed by atoms with Gasteiger partial charge < -0.3 is 25.4 Å². The maximum atomic E-state index is 11.4. The minimum Gasteiger partial charge on any atom is -0.394 e. The van der Waals surface area contributed by atoms with Crippen LogP contribution in [0.25, 0.3) is 11.2 Å². The smallest absolute Gasteiger partial charge is 0.394 e. The quantitative estimate of drug-likeness (QED) is 0.261. The largest absolute Gasteiger partial charge is 0.469 e. The Kier molecular flexibility index (Phi) is 6.84. The van der Waals surface area contributed by atoms with Gasteiger partial charge in [-0.3, -0.25) is 14.4 Å². The van der Waals surface area contributed by atoms with Crippen molar-refractivity contribution in [2.24, 2.45) is 0 Å². The standard InChI is InChI=1S/C16H27N6O6P/c1-2-3-4-5-6-21-16(7-11(12(8-23)27-16)28-29(24,25)26)22-10-20-13-14(17)18-9-19-15(13)22/h9-12,21,23H,2-8H2,1H3,(H2,17,18,19)(H2,24,25,26)/t11-,12+,16-/m0/s1. The number of rotatable bonds is 10. The van der Waals surface area contributed by atoms with Gasteiger partial charge in [0.05, 0.1) is 6.61 Å². The number of nitrogens with zero attached hydrogens (tertiary/aromatic N) is 4. The van der Waals surface area contributed by atoms with Gasteiger partial charge in [0.1, 0.15) is 30.4 Å². The summed E-state index contributed by atoms with van der Waals surface area (Å²) in [5.74, 6) is -1.07. The van der Waals surface area contributed by atoms with Crippen LogP contribution in [0.2, 0.25) is 0 Å². The van der Waals surface area contributed by atoms with Gasteiger partial charge in [-0.15, -0.1) is 0 Å². The number of nitrogen functional groups attached to an aromatic ring is 1. The van der Waals surface area contributed by atoms with Gasteiger partial charge in [0.15, 0.2) is 11.5 Å². The van der Waals surface area contributed by atoms with Gasteiger partial charge in [0.25, 0.3) is 0 Å². The second kappa shape index (κ2) is 9.00. The number of phosphoric ester groups is 1. The van der Waals surface area contributed by atoms with Crippen LogP contribution >= 0.6 is 7.82 Å². The van der Waals surface area contributed by atoms with Crippen LogP contribution in [0.1, 0.15) is 39.0 Å². The minimum atomic E-state index is -4.78. The van der Waals surface area contributed by atoms with Gasteiger partial charge in [-0.1, -0.05) is 26.2 Å². The van der Waals surface area contributed by atoms with Crippen molar-refractivity contribution in [2.75, 3.05) is 18.9 Å². The van der Waals surface area contributed by atoms with Crippen molar-refractivity contribution < 1.29 is 28.7 Å². The lowest BCUT2D eigenvalue weighted by atomic mass is 10.1. The second-order valence-electron chi connectivity index (χ2n) is 6.99. The normalized spacial score (nSPS) is 25.1. The summed E-state index contributed by atoms with van der Waals surface area (Å²) in [6.45, 7) is 2.21. The van der Waals surface area contributed by atoms with Crippen LogP contribution in [0, 0.1) is 0 Å². The number of nitrogens with two attached hydrogens (primary N) is 1. The van der Waals surface area contributed by atoms with E-state index in [0.29, 0.717) is 17.7 Å². The molecule has 1 saturated heterocycles. The lowest BCUT2D eigenvalue weighted by molar-refractivity contribution is -0.135. The maximum Gasteiger partial charge on any atom is 0.469 e. The van der Waals surface area contributed by atoms with E-state index in [0.717, 1.165) is 25.7 Å².